The monoisotopic (exact) mass is 322 g/mol. The number of rotatable bonds is 5. The van der Waals surface area contributed by atoms with E-state index in [1.165, 1.54) is 18.1 Å². The van der Waals surface area contributed by atoms with Gasteiger partial charge in [-0.1, -0.05) is 30.3 Å². The van der Waals surface area contributed by atoms with Gasteiger partial charge in [-0.25, -0.2) is 0 Å². The van der Waals surface area contributed by atoms with Crippen LogP contribution in [0.15, 0.2) is 48.5 Å². The molecule has 0 unspecified atom stereocenters. The van der Waals surface area contributed by atoms with Crippen molar-refractivity contribution in [1.82, 2.24) is 4.90 Å². The third kappa shape index (κ3) is 4.20. The number of carbonyl (C=O) groups excluding carboxylic acids is 2. The van der Waals surface area contributed by atoms with Gasteiger partial charge < -0.3 is 9.64 Å². The molecule has 24 heavy (non-hydrogen) atoms. The number of nitriles is 1. The number of methoxy groups -OCH3 is 1. The molecule has 5 heteroatoms. The Morgan fingerprint density at radius 2 is 1.92 bits per heavy atom. The van der Waals surface area contributed by atoms with E-state index in [4.69, 9.17) is 10.00 Å². The van der Waals surface area contributed by atoms with E-state index in [-0.39, 0.29) is 19.0 Å². The summed E-state index contributed by atoms with van der Waals surface area (Å²) in [6.07, 6.45) is 0. The van der Waals surface area contributed by atoms with Crippen LogP contribution in [0.1, 0.15) is 27.0 Å². The summed E-state index contributed by atoms with van der Waals surface area (Å²) in [5.74, 6) is -0.811. The molecule has 2 aromatic carbocycles. The summed E-state index contributed by atoms with van der Waals surface area (Å²) in [6.45, 7) is 2.09. The largest absolute Gasteiger partial charge is 0.468 e. The van der Waals surface area contributed by atoms with Gasteiger partial charge in [0.15, 0.2) is 0 Å². The topological polar surface area (TPSA) is 70.4 Å². The first-order chi connectivity index (χ1) is 11.5. The van der Waals surface area contributed by atoms with E-state index in [9.17, 15) is 9.59 Å². The Kier molecular flexibility index (Phi) is 5.69. The lowest BCUT2D eigenvalue weighted by Gasteiger charge is -2.22. The minimum Gasteiger partial charge on any atom is -0.468 e. The van der Waals surface area contributed by atoms with Crippen LogP contribution in [0.4, 0.5) is 0 Å². The molecular weight excluding hydrogens is 304 g/mol. The maximum Gasteiger partial charge on any atom is 0.325 e. The van der Waals surface area contributed by atoms with E-state index >= 15 is 0 Å². The third-order valence-electron chi connectivity index (χ3n) is 3.70. The highest BCUT2D eigenvalue weighted by Gasteiger charge is 2.20. The predicted molar refractivity (Wildman–Crippen MR) is 89.1 cm³/mol. The van der Waals surface area contributed by atoms with Gasteiger partial charge in [0.1, 0.15) is 6.54 Å². The molecule has 0 atom stereocenters. The van der Waals surface area contributed by atoms with Crippen LogP contribution in [0.3, 0.4) is 0 Å². The maximum atomic E-state index is 12.8. The smallest absolute Gasteiger partial charge is 0.325 e. The van der Waals surface area contributed by atoms with Crippen LogP contribution in [-0.4, -0.2) is 30.4 Å². The summed E-state index contributed by atoms with van der Waals surface area (Å²) < 4.78 is 4.69. The Hall–Kier alpha value is -3.13. The zero-order valence-electron chi connectivity index (χ0n) is 13.7. The zero-order chi connectivity index (χ0) is 17.5. The number of esters is 1. The molecule has 0 spiro atoms. The highest BCUT2D eigenvalue weighted by molar-refractivity contribution is 5.96. The van der Waals surface area contributed by atoms with Gasteiger partial charge in [0, 0.05) is 12.1 Å². The van der Waals surface area contributed by atoms with Gasteiger partial charge in [-0.05, 0) is 36.2 Å². The minimum absolute atomic E-state index is 0.152. The number of amides is 1. The summed E-state index contributed by atoms with van der Waals surface area (Å²) in [5, 5.41) is 8.99. The van der Waals surface area contributed by atoms with Crippen molar-refractivity contribution in [1.29, 1.82) is 5.26 Å². The molecule has 0 aliphatic rings. The van der Waals surface area contributed by atoms with Crippen molar-refractivity contribution in [2.75, 3.05) is 13.7 Å². The van der Waals surface area contributed by atoms with Gasteiger partial charge in [0.2, 0.25) is 0 Å². The van der Waals surface area contributed by atoms with Gasteiger partial charge in [-0.15, -0.1) is 0 Å². The summed E-state index contributed by atoms with van der Waals surface area (Å²) in [6, 6.07) is 16.1. The Morgan fingerprint density at radius 1 is 1.17 bits per heavy atom. The van der Waals surface area contributed by atoms with Gasteiger partial charge >= 0.3 is 5.97 Å². The van der Waals surface area contributed by atoms with Gasteiger partial charge in [0.05, 0.1) is 18.7 Å². The van der Waals surface area contributed by atoms with Gasteiger partial charge in [0.25, 0.3) is 5.91 Å². The van der Waals surface area contributed by atoms with E-state index in [0.29, 0.717) is 11.1 Å². The molecule has 0 bridgehead atoms. The molecule has 2 aromatic rings. The zero-order valence-corrected chi connectivity index (χ0v) is 13.7. The van der Waals surface area contributed by atoms with Crippen molar-refractivity contribution in [3.05, 3.63) is 70.8 Å². The predicted octanol–water partition coefficient (Wildman–Crippen LogP) is 2.68. The van der Waals surface area contributed by atoms with E-state index < -0.39 is 5.97 Å². The second-order valence-corrected chi connectivity index (χ2v) is 5.36. The van der Waals surface area contributed by atoms with Gasteiger partial charge in [-0.3, -0.25) is 9.59 Å². The number of benzene rings is 2. The minimum atomic E-state index is -0.492. The molecule has 5 nitrogen and oxygen atoms in total. The standard InChI is InChI=1S/C19H18N2O3/c1-14-6-3-4-8-17(14)12-21(13-18(22)24-2)19(23)16-9-5-7-15(10-16)11-20/h3-10H,12-13H2,1-2H3. The lowest BCUT2D eigenvalue weighted by Crippen LogP contribution is -2.36. The molecule has 0 saturated carbocycles. The fourth-order valence-corrected chi connectivity index (χ4v) is 2.32. The number of hydrogen-bond acceptors (Lipinski definition) is 4. The van der Waals surface area contributed by atoms with Gasteiger partial charge in [-0.2, -0.15) is 5.26 Å². The van der Waals surface area contributed by atoms with E-state index in [1.807, 2.05) is 37.3 Å². The SMILES string of the molecule is COC(=O)CN(Cc1ccccc1C)C(=O)c1cccc(C#N)c1. The summed E-state index contributed by atoms with van der Waals surface area (Å²) in [7, 11) is 1.29. The third-order valence-corrected chi connectivity index (χ3v) is 3.70. The second-order valence-electron chi connectivity index (χ2n) is 5.36. The van der Waals surface area contributed by atoms with Crippen molar-refractivity contribution >= 4 is 11.9 Å². The average Bonchev–Trinajstić information content (AvgIpc) is 2.62. The Bertz CT molecular complexity index is 793. The lowest BCUT2D eigenvalue weighted by atomic mass is 10.1. The van der Waals surface area contributed by atoms with Crippen LogP contribution in [0, 0.1) is 18.3 Å². The number of carbonyl (C=O) groups is 2. The molecule has 0 aliphatic heterocycles. The molecule has 122 valence electrons. The Labute approximate surface area is 141 Å². The van der Waals surface area contributed by atoms with E-state index in [1.54, 1.807) is 18.2 Å². The average molecular weight is 322 g/mol. The molecule has 1 amide bonds. The second kappa shape index (κ2) is 7.93. The molecule has 0 radical (unpaired) electrons. The Balaban J connectivity index is 2.31. The molecule has 0 aromatic heterocycles. The van der Waals surface area contributed by atoms with Crippen LogP contribution < -0.4 is 0 Å². The normalized spacial score (nSPS) is 9.88. The summed E-state index contributed by atoms with van der Waals surface area (Å²) >= 11 is 0. The number of hydrogen-bond donors (Lipinski definition) is 0. The molecule has 0 heterocycles. The first-order valence-electron chi connectivity index (χ1n) is 7.46. The molecule has 0 aliphatic carbocycles. The van der Waals surface area contributed by atoms with Crippen LogP contribution in [-0.2, 0) is 16.1 Å². The lowest BCUT2D eigenvalue weighted by molar-refractivity contribution is -0.141. The first-order valence-corrected chi connectivity index (χ1v) is 7.46. The summed E-state index contributed by atoms with van der Waals surface area (Å²) in [5.41, 5.74) is 2.75. The highest BCUT2D eigenvalue weighted by Crippen LogP contribution is 2.14. The summed E-state index contributed by atoms with van der Waals surface area (Å²) in [4.78, 5) is 25.9. The highest BCUT2D eigenvalue weighted by atomic mass is 16.5. The maximum absolute atomic E-state index is 12.8. The molecule has 0 fully saturated rings. The van der Waals surface area contributed by atoms with Crippen molar-refractivity contribution < 1.29 is 14.3 Å². The van der Waals surface area contributed by atoms with Crippen molar-refractivity contribution in [3.8, 4) is 6.07 Å². The number of nitrogens with zero attached hydrogens (tertiary/aromatic N) is 2. The van der Waals surface area contributed by atoms with Crippen molar-refractivity contribution in [3.63, 3.8) is 0 Å². The number of ether oxygens (including phenoxy) is 1. The van der Waals surface area contributed by atoms with E-state index in [2.05, 4.69) is 0 Å². The van der Waals surface area contributed by atoms with E-state index in [0.717, 1.165) is 11.1 Å². The van der Waals surface area contributed by atoms with Crippen LogP contribution >= 0.6 is 0 Å². The van der Waals surface area contributed by atoms with Crippen LogP contribution in [0.25, 0.3) is 0 Å². The van der Waals surface area contributed by atoms with Crippen LogP contribution in [0.5, 0.6) is 0 Å². The quantitative estimate of drug-likeness (QED) is 0.794. The molecule has 0 saturated heterocycles. The molecule has 2 rings (SSSR count). The van der Waals surface area contributed by atoms with Crippen LogP contribution in [0.2, 0.25) is 0 Å². The fraction of sp³-hybridized carbons (Fsp3) is 0.211. The Morgan fingerprint density at radius 3 is 2.58 bits per heavy atom. The van der Waals surface area contributed by atoms with Crippen molar-refractivity contribution in [2.24, 2.45) is 0 Å². The fourth-order valence-electron chi connectivity index (χ4n) is 2.32. The first kappa shape index (κ1) is 17.2. The van der Waals surface area contributed by atoms with Crippen molar-refractivity contribution in [2.45, 2.75) is 13.5 Å². The molecule has 0 N–H and O–H groups in total. The number of aryl methyl sites for hydroxylation is 1. The molecular formula is C19H18N2O3.